The van der Waals surface area contributed by atoms with Crippen molar-refractivity contribution in [2.45, 2.75) is 6.92 Å². The van der Waals surface area contributed by atoms with Gasteiger partial charge in [0, 0.05) is 21.1 Å². The Morgan fingerprint density at radius 1 is 1.29 bits per heavy atom. The molecule has 72 valence electrons. The second-order valence-electron chi connectivity index (χ2n) is 2.99. The quantitative estimate of drug-likeness (QED) is 0.679. The first-order valence-electron chi connectivity index (χ1n) is 4.00. The van der Waals surface area contributed by atoms with Crippen LogP contribution in [0.25, 0.3) is 10.9 Å². The summed E-state index contributed by atoms with van der Waals surface area (Å²) >= 11 is 12.9. The lowest BCUT2D eigenvalue weighted by atomic mass is 10.1. The maximum Gasteiger partial charge on any atom is 0.0758 e. The highest BCUT2D eigenvalue weighted by Crippen LogP contribution is 2.33. The van der Waals surface area contributed by atoms with Crippen molar-refractivity contribution in [3.05, 3.63) is 37.9 Å². The fourth-order valence-electron chi connectivity index (χ4n) is 1.33. The lowest BCUT2D eigenvalue weighted by Crippen LogP contribution is -1.86. The molecule has 1 aromatic carbocycles. The number of hydrogen-bond donors (Lipinski definition) is 0. The minimum absolute atomic E-state index is 0.749. The number of nitrogens with zero attached hydrogens (tertiary/aromatic N) is 1. The number of hydrogen-bond acceptors (Lipinski definition) is 1. The van der Waals surface area contributed by atoms with E-state index in [0.29, 0.717) is 0 Å². The van der Waals surface area contributed by atoms with Crippen molar-refractivity contribution in [2.75, 3.05) is 0 Å². The molecule has 0 aliphatic carbocycles. The zero-order chi connectivity index (χ0) is 10.3. The summed E-state index contributed by atoms with van der Waals surface area (Å²) in [6, 6.07) is 3.85. The molecule has 0 aliphatic heterocycles. The SMILES string of the molecule is Cc1c(Cl)ccc2c(Br)c(Br)cnc12. The molecular formula is C10H6Br2ClN. The Hall–Kier alpha value is -0.120. The molecule has 0 bridgehead atoms. The van der Waals surface area contributed by atoms with Crippen LogP contribution in [0.5, 0.6) is 0 Å². The molecule has 0 N–H and O–H groups in total. The van der Waals surface area contributed by atoms with Crippen LogP contribution in [0.2, 0.25) is 5.02 Å². The Bertz CT molecular complexity index is 464. The molecule has 0 radical (unpaired) electrons. The van der Waals surface area contributed by atoms with Crippen LogP contribution in [0.4, 0.5) is 0 Å². The fourth-order valence-corrected chi connectivity index (χ4v) is 2.22. The Balaban J connectivity index is 2.94. The summed E-state index contributed by atoms with van der Waals surface area (Å²) in [5, 5.41) is 1.82. The van der Waals surface area contributed by atoms with E-state index in [0.717, 1.165) is 30.4 Å². The number of fused-ring (bicyclic) bond motifs is 1. The molecule has 0 unspecified atom stereocenters. The maximum absolute atomic E-state index is 6.01. The average Bonchev–Trinajstić information content (AvgIpc) is 2.17. The van der Waals surface area contributed by atoms with E-state index in [2.05, 4.69) is 36.8 Å². The van der Waals surface area contributed by atoms with Crippen LogP contribution >= 0.6 is 43.5 Å². The van der Waals surface area contributed by atoms with Gasteiger partial charge in [0.05, 0.1) is 9.99 Å². The van der Waals surface area contributed by atoms with Crippen molar-refractivity contribution in [1.82, 2.24) is 4.98 Å². The highest BCUT2D eigenvalue weighted by molar-refractivity contribution is 9.13. The number of halogens is 3. The van der Waals surface area contributed by atoms with Crippen molar-refractivity contribution in [3.8, 4) is 0 Å². The second kappa shape index (κ2) is 3.80. The van der Waals surface area contributed by atoms with Gasteiger partial charge in [-0.05, 0) is 50.4 Å². The maximum atomic E-state index is 6.01. The van der Waals surface area contributed by atoms with Gasteiger partial charge in [-0.3, -0.25) is 4.98 Å². The summed E-state index contributed by atoms with van der Waals surface area (Å²) in [5.74, 6) is 0. The van der Waals surface area contributed by atoms with Gasteiger partial charge < -0.3 is 0 Å². The number of aromatic nitrogens is 1. The molecule has 0 fully saturated rings. The molecule has 1 aromatic heterocycles. The van der Waals surface area contributed by atoms with Crippen molar-refractivity contribution >= 4 is 54.4 Å². The second-order valence-corrected chi connectivity index (χ2v) is 5.04. The molecular weight excluding hydrogens is 329 g/mol. The van der Waals surface area contributed by atoms with Gasteiger partial charge in [-0.15, -0.1) is 0 Å². The minimum atomic E-state index is 0.749. The van der Waals surface area contributed by atoms with Gasteiger partial charge in [0.1, 0.15) is 0 Å². The van der Waals surface area contributed by atoms with E-state index in [1.165, 1.54) is 0 Å². The van der Waals surface area contributed by atoms with Crippen LogP contribution in [0.15, 0.2) is 27.3 Å². The highest BCUT2D eigenvalue weighted by Gasteiger charge is 2.07. The molecule has 0 atom stereocenters. The number of pyridine rings is 1. The third kappa shape index (κ3) is 1.58. The molecule has 0 amide bonds. The molecule has 1 heterocycles. The van der Waals surface area contributed by atoms with Crippen LogP contribution in [-0.2, 0) is 0 Å². The lowest BCUT2D eigenvalue weighted by molar-refractivity contribution is 1.34. The van der Waals surface area contributed by atoms with E-state index in [4.69, 9.17) is 11.6 Å². The normalized spacial score (nSPS) is 10.9. The lowest BCUT2D eigenvalue weighted by Gasteiger charge is -2.06. The Labute approximate surface area is 104 Å². The topological polar surface area (TPSA) is 12.9 Å². The van der Waals surface area contributed by atoms with Gasteiger partial charge in [-0.1, -0.05) is 17.7 Å². The summed E-state index contributed by atoms with van der Waals surface area (Å²) in [6.45, 7) is 1.97. The molecule has 1 nitrogen and oxygen atoms in total. The summed E-state index contributed by atoms with van der Waals surface area (Å²) < 4.78 is 1.97. The number of benzene rings is 1. The standard InChI is InChI=1S/C10H6Br2ClN/c1-5-8(13)3-2-6-9(12)7(11)4-14-10(5)6/h2-4H,1H3. The van der Waals surface area contributed by atoms with Gasteiger partial charge in [0.15, 0.2) is 0 Å². The molecule has 0 saturated carbocycles. The summed E-state index contributed by atoms with van der Waals surface area (Å²) in [4.78, 5) is 4.34. The monoisotopic (exact) mass is 333 g/mol. The zero-order valence-corrected chi connectivity index (χ0v) is 11.2. The zero-order valence-electron chi connectivity index (χ0n) is 7.31. The molecule has 2 aromatic rings. The van der Waals surface area contributed by atoms with E-state index >= 15 is 0 Å². The summed E-state index contributed by atoms with van der Waals surface area (Å²) in [7, 11) is 0. The van der Waals surface area contributed by atoms with E-state index < -0.39 is 0 Å². The molecule has 14 heavy (non-hydrogen) atoms. The summed E-state index contributed by atoms with van der Waals surface area (Å²) in [6.07, 6.45) is 1.77. The summed E-state index contributed by atoms with van der Waals surface area (Å²) in [5.41, 5.74) is 1.95. The average molecular weight is 335 g/mol. The van der Waals surface area contributed by atoms with E-state index in [-0.39, 0.29) is 0 Å². The molecule has 4 heteroatoms. The van der Waals surface area contributed by atoms with Gasteiger partial charge in [0.2, 0.25) is 0 Å². The van der Waals surface area contributed by atoms with Gasteiger partial charge >= 0.3 is 0 Å². The van der Waals surface area contributed by atoms with Gasteiger partial charge in [-0.2, -0.15) is 0 Å². The third-order valence-electron chi connectivity index (χ3n) is 2.12. The Kier molecular flexibility index (Phi) is 2.82. The van der Waals surface area contributed by atoms with Crippen LogP contribution in [0.1, 0.15) is 5.56 Å². The first kappa shape index (κ1) is 10.4. The minimum Gasteiger partial charge on any atom is -0.255 e. The first-order valence-corrected chi connectivity index (χ1v) is 5.96. The third-order valence-corrected chi connectivity index (χ3v) is 4.52. The molecule has 0 saturated heterocycles. The predicted molar refractivity (Wildman–Crippen MR) is 66.9 cm³/mol. The van der Waals surface area contributed by atoms with Crippen molar-refractivity contribution in [2.24, 2.45) is 0 Å². The largest absolute Gasteiger partial charge is 0.255 e. The Morgan fingerprint density at radius 3 is 2.71 bits per heavy atom. The van der Waals surface area contributed by atoms with Crippen LogP contribution in [-0.4, -0.2) is 4.98 Å². The van der Waals surface area contributed by atoms with E-state index in [9.17, 15) is 0 Å². The van der Waals surface area contributed by atoms with Crippen LogP contribution in [0, 0.1) is 6.92 Å². The molecule has 0 spiro atoms. The first-order chi connectivity index (χ1) is 6.61. The number of rotatable bonds is 0. The molecule has 0 aliphatic rings. The smallest absolute Gasteiger partial charge is 0.0758 e. The van der Waals surface area contributed by atoms with E-state index in [1.54, 1.807) is 6.20 Å². The molecule has 2 rings (SSSR count). The van der Waals surface area contributed by atoms with Gasteiger partial charge in [0.25, 0.3) is 0 Å². The predicted octanol–water partition coefficient (Wildman–Crippen LogP) is 4.72. The van der Waals surface area contributed by atoms with Crippen LogP contribution in [0.3, 0.4) is 0 Å². The van der Waals surface area contributed by atoms with Crippen molar-refractivity contribution < 1.29 is 0 Å². The van der Waals surface area contributed by atoms with Crippen LogP contribution < -0.4 is 0 Å². The number of aryl methyl sites for hydroxylation is 1. The van der Waals surface area contributed by atoms with Gasteiger partial charge in [-0.25, -0.2) is 0 Å². The van der Waals surface area contributed by atoms with Crippen molar-refractivity contribution in [3.63, 3.8) is 0 Å². The van der Waals surface area contributed by atoms with E-state index in [1.807, 2.05) is 19.1 Å². The fraction of sp³-hybridized carbons (Fsp3) is 0.100. The Morgan fingerprint density at radius 2 is 2.00 bits per heavy atom. The van der Waals surface area contributed by atoms with Crippen molar-refractivity contribution in [1.29, 1.82) is 0 Å². The highest BCUT2D eigenvalue weighted by atomic mass is 79.9.